The van der Waals surface area contributed by atoms with E-state index < -0.39 is 5.97 Å². The van der Waals surface area contributed by atoms with Gasteiger partial charge in [-0.3, -0.25) is 9.48 Å². The van der Waals surface area contributed by atoms with Crippen LogP contribution in [-0.2, 0) is 18.3 Å². The van der Waals surface area contributed by atoms with Crippen molar-refractivity contribution in [2.45, 2.75) is 45.4 Å². The minimum atomic E-state index is -0.629. The van der Waals surface area contributed by atoms with Gasteiger partial charge in [0.25, 0.3) is 0 Å². The van der Waals surface area contributed by atoms with E-state index in [-0.39, 0.29) is 11.8 Å². The summed E-state index contributed by atoms with van der Waals surface area (Å²) in [4.78, 5) is 11.4. The third-order valence-corrected chi connectivity index (χ3v) is 4.35. The van der Waals surface area contributed by atoms with Gasteiger partial charge in [0.2, 0.25) is 0 Å². The lowest BCUT2D eigenvalue weighted by Crippen LogP contribution is -2.32. The molecule has 0 radical (unpaired) electrons. The fourth-order valence-electron chi connectivity index (χ4n) is 3.42. The van der Waals surface area contributed by atoms with Gasteiger partial charge in [-0.1, -0.05) is 19.8 Å². The van der Waals surface area contributed by atoms with E-state index in [0.717, 1.165) is 31.4 Å². The molecule has 19 heavy (non-hydrogen) atoms. The van der Waals surface area contributed by atoms with E-state index >= 15 is 0 Å². The quantitative estimate of drug-likeness (QED) is 0.889. The molecule has 1 fully saturated rings. The minimum absolute atomic E-state index is 0.185. The summed E-state index contributed by atoms with van der Waals surface area (Å²) >= 11 is 0. The first kappa shape index (κ1) is 14.1. The molecule has 0 saturated heterocycles. The van der Waals surface area contributed by atoms with Crippen LogP contribution in [0.15, 0.2) is 12.3 Å². The third kappa shape index (κ3) is 3.58. The van der Waals surface area contributed by atoms with Gasteiger partial charge in [-0.05, 0) is 43.6 Å². The Kier molecular flexibility index (Phi) is 4.61. The monoisotopic (exact) mass is 264 g/mol. The van der Waals surface area contributed by atoms with Crippen molar-refractivity contribution in [3.63, 3.8) is 0 Å². The fourth-order valence-corrected chi connectivity index (χ4v) is 3.42. The van der Waals surface area contributed by atoms with Crippen LogP contribution in [0.25, 0.3) is 0 Å². The average Bonchev–Trinajstić information content (AvgIpc) is 2.75. The van der Waals surface area contributed by atoms with Crippen molar-refractivity contribution in [2.24, 2.45) is 24.8 Å². The summed E-state index contributed by atoms with van der Waals surface area (Å²) in [6, 6.07) is 2.00. The van der Waals surface area contributed by atoms with Crippen molar-refractivity contribution in [1.29, 1.82) is 0 Å². The topological polar surface area (TPSA) is 55.1 Å². The maximum absolute atomic E-state index is 11.4. The smallest absolute Gasteiger partial charge is 0.306 e. The zero-order valence-corrected chi connectivity index (χ0v) is 11.9. The highest BCUT2D eigenvalue weighted by Gasteiger charge is 2.34. The highest BCUT2D eigenvalue weighted by Crippen LogP contribution is 2.37. The number of carboxylic acids is 1. The van der Waals surface area contributed by atoms with Gasteiger partial charge in [0.15, 0.2) is 0 Å². The van der Waals surface area contributed by atoms with E-state index in [1.165, 1.54) is 12.8 Å². The summed E-state index contributed by atoms with van der Waals surface area (Å²) < 4.78 is 1.79. The van der Waals surface area contributed by atoms with Crippen LogP contribution in [0, 0.1) is 17.8 Å². The molecule has 1 aliphatic carbocycles. The predicted molar refractivity (Wildman–Crippen MR) is 73.8 cm³/mol. The van der Waals surface area contributed by atoms with E-state index in [1.54, 1.807) is 4.68 Å². The molecule has 1 N–H and O–H groups in total. The Hall–Kier alpha value is -1.32. The summed E-state index contributed by atoms with van der Waals surface area (Å²) in [5.74, 6) is 0.137. The lowest BCUT2D eigenvalue weighted by molar-refractivity contribution is -0.145. The summed E-state index contributed by atoms with van der Waals surface area (Å²) in [6.07, 6.45) is 8.10. The Balaban J connectivity index is 2.04. The van der Waals surface area contributed by atoms with Crippen molar-refractivity contribution in [3.8, 4) is 0 Å². The summed E-state index contributed by atoms with van der Waals surface area (Å²) in [5.41, 5.74) is 1.02. The molecule has 0 spiro atoms. The van der Waals surface area contributed by atoms with Crippen LogP contribution in [0.5, 0.6) is 0 Å². The molecule has 3 atom stereocenters. The number of hydrogen-bond donors (Lipinski definition) is 1. The van der Waals surface area contributed by atoms with Gasteiger partial charge < -0.3 is 5.11 Å². The molecular weight excluding hydrogens is 240 g/mol. The van der Waals surface area contributed by atoms with Gasteiger partial charge in [0, 0.05) is 13.2 Å². The van der Waals surface area contributed by atoms with Gasteiger partial charge in [0.1, 0.15) is 0 Å². The molecule has 1 heterocycles. The van der Waals surface area contributed by atoms with E-state index in [1.807, 2.05) is 19.3 Å². The Bertz CT molecular complexity index is 428. The number of aliphatic carboxylic acids is 1. The number of hydrogen-bond acceptors (Lipinski definition) is 2. The molecular formula is C15H24N2O2. The van der Waals surface area contributed by atoms with Crippen molar-refractivity contribution in [1.82, 2.24) is 9.78 Å². The average molecular weight is 264 g/mol. The Morgan fingerprint density at radius 2 is 2.32 bits per heavy atom. The SMILES string of the molecule is CCCC1CCC(C(=O)O)C(Cc2ccn(C)n2)C1. The molecule has 4 nitrogen and oxygen atoms in total. The molecule has 1 saturated carbocycles. The second-order valence-corrected chi connectivity index (χ2v) is 5.86. The third-order valence-electron chi connectivity index (χ3n) is 4.35. The van der Waals surface area contributed by atoms with Gasteiger partial charge in [0.05, 0.1) is 11.6 Å². The largest absolute Gasteiger partial charge is 0.481 e. The molecule has 2 rings (SSSR count). The van der Waals surface area contributed by atoms with Crippen LogP contribution in [0.1, 0.15) is 44.7 Å². The normalized spacial score (nSPS) is 27.4. The molecule has 0 amide bonds. The van der Waals surface area contributed by atoms with Crippen LogP contribution in [0.3, 0.4) is 0 Å². The van der Waals surface area contributed by atoms with Gasteiger partial charge >= 0.3 is 5.97 Å². The summed E-state index contributed by atoms with van der Waals surface area (Å²) in [5, 5.41) is 13.8. The van der Waals surface area contributed by atoms with Crippen LogP contribution in [0.4, 0.5) is 0 Å². The first-order valence-corrected chi connectivity index (χ1v) is 7.31. The van der Waals surface area contributed by atoms with Crippen molar-refractivity contribution < 1.29 is 9.90 Å². The Morgan fingerprint density at radius 1 is 1.53 bits per heavy atom. The maximum atomic E-state index is 11.4. The molecule has 0 aromatic carbocycles. The Labute approximate surface area is 114 Å². The number of carboxylic acid groups (broad SMARTS) is 1. The zero-order valence-electron chi connectivity index (χ0n) is 11.9. The van der Waals surface area contributed by atoms with Crippen LogP contribution < -0.4 is 0 Å². The van der Waals surface area contributed by atoms with E-state index in [4.69, 9.17) is 0 Å². The lowest BCUT2D eigenvalue weighted by Gasteiger charge is -2.33. The number of aryl methyl sites for hydroxylation is 1. The molecule has 4 heteroatoms. The molecule has 106 valence electrons. The molecule has 1 aliphatic rings. The van der Waals surface area contributed by atoms with Gasteiger partial charge in [-0.25, -0.2) is 0 Å². The lowest BCUT2D eigenvalue weighted by atomic mass is 9.71. The van der Waals surface area contributed by atoms with Gasteiger partial charge in [-0.15, -0.1) is 0 Å². The second-order valence-electron chi connectivity index (χ2n) is 5.86. The second kappa shape index (κ2) is 6.22. The standard InChI is InChI=1S/C15H24N2O2/c1-3-4-11-5-6-14(15(18)19)12(9-11)10-13-7-8-17(2)16-13/h7-8,11-12,14H,3-6,9-10H2,1-2H3,(H,18,19). The van der Waals surface area contributed by atoms with Crippen molar-refractivity contribution in [3.05, 3.63) is 18.0 Å². The number of carbonyl (C=O) groups is 1. The number of aromatic nitrogens is 2. The van der Waals surface area contributed by atoms with Crippen LogP contribution in [0.2, 0.25) is 0 Å². The molecule has 3 unspecified atom stereocenters. The highest BCUT2D eigenvalue weighted by molar-refractivity contribution is 5.70. The molecule has 1 aromatic rings. The van der Waals surface area contributed by atoms with E-state index in [2.05, 4.69) is 12.0 Å². The van der Waals surface area contributed by atoms with E-state index in [9.17, 15) is 9.90 Å². The minimum Gasteiger partial charge on any atom is -0.481 e. The molecule has 0 bridgehead atoms. The van der Waals surface area contributed by atoms with E-state index in [0.29, 0.717) is 5.92 Å². The first-order valence-electron chi connectivity index (χ1n) is 7.31. The Morgan fingerprint density at radius 3 is 2.89 bits per heavy atom. The summed E-state index contributed by atoms with van der Waals surface area (Å²) in [6.45, 7) is 2.21. The predicted octanol–water partition coefficient (Wildman–Crippen LogP) is 2.88. The number of nitrogens with zero attached hydrogens (tertiary/aromatic N) is 2. The summed E-state index contributed by atoms with van der Waals surface area (Å²) in [7, 11) is 1.90. The van der Waals surface area contributed by atoms with Crippen molar-refractivity contribution >= 4 is 5.97 Å². The molecule has 1 aromatic heterocycles. The van der Waals surface area contributed by atoms with Crippen molar-refractivity contribution in [2.75, 3.05) is 0 Å². The fraction of sp³-hybridized carbons (Fsp3) is 0.733. The first-order chi connectivity index (χ1) is 9.10. The zero-order chi connectivity index (χ0) is 13.8. The van der Waals surface area contributed by atoms with Gasteiger partial charge in [-0.2, -0.15) is 5.10 Å². The van der Waals surface area contributed by atoms with Crippen LogP contribution >= 0.6 is 0 Å². The molecule has 0 aliphatic heterocycles. The number of rotatable bonds is 5. The highest BCUT2D eigenvalue weighted by atomic mass is 16.4. The van der Waals surface area contributed by atoms with Crippen LogP contribution in [-0.4, -0.2) is 20.9 Å². The maximum Gasteiger partial charge on any atom is 0.306 e.